The lowest BCUT2D eigenvalue weighted by atomic mass is 10.2. The Morgan fingerprint density at radius 3 is 3.00 bits per heavy atom. The predicted octanol–water partition coefficient (Wildman–Crippen LogP) is 4.08. The Kier molecular flexibility index (Phi) is 3.38. The number of hydrogen-bond acceptors (Lipinski definition) is 3. The van der Waals surface area contributed by atoms with Gasteiger partial charge in [0.15, 0.2) is 0 Å². The summed E-state index contributed by atoms with van der Waals surface area (Å²) in [6.45, 7) is 2.13. The van der Waals surface area contributed by atoms with Crippen LogP contribution in [0.5, 0.6) is 0 Å². The molecule has 1 aromatic heterocycles. The lowest BCUT2D eigenvalue weighted by molar-refractivity contribution is 0.903. The van der Waals surface area contributed by atoms with Crippen molar-refractivity contribution in [3.05, 3.63) is 45.3 Å². The van der Waals surface area contributed by atoms with Crippen molar-refractivity contribution in [1.29, 1.82) is 0 Å². The van der Waals surface area contributed by atoms with E-state index >= 15 is 0 Å². The highest BCUT2D eigenvalue weighted by atomic mass is 79.9. The van der Waals surface area contributed by atoms with Crippen LogP contribution in [0.25, 0.3) is 0 Å². The van der Waals surface area contributed by atoms with E-state index in [1.165, 1.54) is 4.88 Å². The van der Waals surface area contributed by atoms with Gasteiger partial charge in [-0.05, 0) is 25.1 Å². The summed E-state index contributed by atoms with van der Waals surface area (Å²) >= 11 is 5.12. The third-order valence-corrected chi connectivity index (χ3v) is 3.54. The van der Waals surface area contributed by atoms with Crippen LogP contribution in [0.15, 0.2) is 40.4 Å². The molecule has 1 unspecified atom stereocenters. The summed E-state index contributed by atoms with van der Waals surface area (Å²) < 4.78 is 1.09. The molecule has 0 aliphatic rings. The molecule has 0 spiro atoms. The maximum atomic E-state index is 4.07. The lowest BCUT2D eigenvalue weighted by Gasteiger charge is -2.13. The molecule has 0 fully saturated rings. The number of nitrogens with zero attached hydrogens (tertiary/aromatic N) is 1. The fourth-order valence-corrected chi connectivity index (χ4v) is 2.37. The van der Waals surface area contributed by atoms with Crippen LogP contribution in [0.1, 0.15) is 17.8 Å². The Labute approximate surface area is 101 Å². The number of anilines is 1. The van der Waals surface area contributed by atoms with E-state index < -0.39 is 0 Å². The molecule has 0 radical (unpaired) electrons. The van der Waals surface area contributed by atoms with E-state index in [1.807, 2.05) is 23.8 Å². The highest BCUT2D eigenvalue weighted by Crippen LogP contribution is 2.23. The van der Waals surface area contributed by atoms with E-state index in [1.54, 1.807) is 11.3 Å². The van der Waals surface area contributed by atoms with E-state index in [4.69, 9.17) is 0 Å². The molecule has 15 heavy (non-hydrogen) atoms. The van der Waals surface area contributed by atoms with Crippen LogP contribution in [0.3, 0.4) is 0 Å². The summed E-state index contributed by atoms with van der Waals surface area (Å²) in [5.41, 5.74) is 2.97. The van der Waals surface area contributed by atoms with E-state index in [2.05, 4.69) is 45.3 Å². The van der Waals surface area contributed by atoms with Crippen LogP contribution in [0.2, 0.25) is 0 Å². The zero-order valence-corrected chi connectivity index (χ0v) is 10.7. The van der Waals surface area contributed by atoms with Crippen LogP contribution >= 0.6 is 27.3 Å². The van der Waals surface area contributed by atoms with Gasteiger partial charge >= 0.3 is 0 Å². The number of hydrogen-bond donors (Lipinski definition) is 1. The molecule has 0 saturated heterocycles. The molecule has 4 heteroatoms. The Morgan fingerprint density at radius 1 is 1.47 bits per heavy atom. The first-order valence-electron chi connectivity index (χ1n) is 4.66. The Bertz CT molecular complexity index is 428. The summed E-state index contributed by atoms with van der Waals surface area (Å²) in [4.78, 5) is 5.32. The zero-order chi connectivity index (χ0) is 10.7. The second kappa shape index (κ2) is 4.77. The van der Waals surface area contributed by atoms with Crippen molar-refractivity contribution < 1.29 is 0 Å². The van der Waals surface area contributed by atoms with Gasteiger partial charge in [-0.15, -0.1) is 11.3 Å². The number of halogens is 1. The monoisotopic (exact) mass is 282 g/mol. The second-order valence-corrected chi connectivity index (χ2v) is 5.11. The van der Waals surface area contributed by atoms with Crippen molar-refractivity contribution >= 4 is 33.0 Å². The lowest BCUT2D eigenvalue weighted by Crippen LogP contribution is -2.04. The largest absolute Gasteiger partial charge is 0.378 e. The van der Waals surface area contributed by atoms with Crippen molar-refractivity contribution in [2.45, 2.75) is 13.0 Å². The first-order chi connectivity index (χ1) is 7.25. The molecule has 1 heterocycles. The summed E-state index contributed by atoms with van der Waals surface area (Å²) in [6, 6.07) is 8.46. The van der Waals surface area contributed by atoms with Gasteiger partial charge in [-0.2, -0.15) is 0 Å². The maximum absolute atomic E-state index is 4.07. The van der Waals surface area contributed by atoms with E-state index in [-0.39, 0.29) is 0 Å². The van der Waals surface area contributed by atoms with Crippen molar-refractivity contribution in [3.63, 3.8) is 0 Å². The molecule has 1 atom stereocenters. The van der Waals surface area contributed by atoms with Crippen molar-refractivity contribution in [1.82, 2.24) is 4.98 Å². The standard InChI is InChI=1S/C11H11BrN2S/c1-8(11-6-13-7-15-11)14-10-4-2-3-9(12)5-10/h2-8,14H,1H3. The van der Waals surface area contributed by atoms with Crippen LogP contribution in [0.4, 0.5) is 5.69 Å². The Hall–Kier alpha value is -0.870. The van der Waals surface area contributed by atoms with Gasteiger partial charge in [0.1, 0.15) is 0 Å². The van der Waals surface area contributed by atoms with Crippen molar-refractivity contribution in [3.8, 4) is 0 Å². The molecule has 0 aliphatic heterocycles. The predicted molar refractivity (Wildman–Crippen MR) is 68.3 cm³/mol. The number of thiazole rings is 1. The molecule has 2 rings (SSSR count). The minimum Gasteiger partial charge on any atom is -0.378 e. The summed E-state index contributed by atoms with van der Waals surface area (Å²) in [5.74, 6) is 0. The van der Waals surface area contributed by atoms with Crippen LogP contribution in [-0.4, -0.2) is 4.98 Å². The SMILES string of the molecule is CC(Nc1cccc(Br)c1)c1cncs1. The molecule has 1 N–H and O–H groups in total. The fourth-order valence-electron chi connectivity index (χ4n) is 1.34. The molecule has 1 aromatic carbocycles. The highest BCUT2D eigenvalue weighted by molar-refractivity contribution is 9.10. The first-order valence-corrected chi connectivity index (χ1v) is 6.33. The molecule has 0 amide bonds. The van der Waals surface area contributed by atoms with Crippen LogP contribution in [-0.2, 0) is 0 Å². The normalized spacial score (nSPS) is 12.4. The first kappa shape index (κ1) is 10.6. The molecule has 2 nitrogen and oxygen atoms in total. The number of aromatic nitrogens is 1. The highest BCUT2D eigenvalue weighted by Gasteiger charge is 2.06. The quantitative estimate of drug-likeness (QED) is 0.918. The van der Waals surface area contributed by atoms with E-state index in [0.29, 0.717) is 6.04 Å². The van der Waals surface area contributed by atoms with Crippen LogP contribution < -0.4 is 5.32 Å². The van der Waals surface area contributed by atoms with Gasteiger partial charge in [0.05, 0.1) is 11.6 Å². The summed E-state index contributed by atoms with van der Waals surface area (Å²) in [5, 5.41) is 3.43. The molecule has 0 bridgehead atoms. The molecule has 2 aromatic rings. The molecular formula is C11H11BrN2S. The fraction of sp³-hybridized carbons (Fsp3) is 0.182. The van der Waals surface area contributed by atoms with E-state index in [0.717, 1.165) is 10.2 Å². The van der Waals surface area contributed by atoms with Crippen molar-refractivity contribution in [2.24, 2.45) is 0 Å². The Balaban J connectivity index is 2.09. The minimum atomic E-state index is 0.298. The zero-order valence-electron chi connectivity index (χ0n) is 8.27. The molecule has 0 saturated carbocycles. The number of benzene rings is 1. The van der Waals surface area contributed by atoms with Gasteiger partial charge in [0, 0.05) is 21.2 Å². The molecule has 78 valence electrons. The van der Waals surface area contributed by atoms with Gasteiger partial charge in [-0.3, -0.25) is 4.98 Å². The third-order valence-electron chi connectivity index (χ3n) is 2.09. The van der Waals surface area contributed by atoms with Crippen LogP contribution in [0, 0.1) is 0 Å². The summed E-state index contributed by atoms with van der Waals surface area (Å²) in [7, 11) is 0. The third kappa shape index (κ3) is 2.79. The summed E-state index contributed by atoms with van der Waals surface area (Å²) in [6.07, 6.45) is 1.90. The van der Waals surface area contributed by atoms with E-state index in [9.17, 15) is 0 Å². The van der Waals surface area contributed by atoms with Gasteiger partial charge in [0.25, 0.3) is 0 Å². The minimum absolute atomic E-state index is 0.298. The number of rotatable bonds is 3. The number of nitrogens with one attached hydrogen (secondary N) is 1. The van der Waals surface area contributed by atoms with Gasteiger partial charge in [0.2, 0.25) is 0 Å². The average molecular weight is 283 g/mol. The smallest absolute Gasteiger partial charge is 0.0795 e. The van der Waals surface area contributed by atoms with Gasteiger partial charge < -0.3 is 5.32 Å². The Morgan fingerprint density at radius 2 is 2.33 bits per heavy atom. The van der Waals surface area contributed by atoms with Gasteiger partial charge in [-0.25, -0.2) is 0 Å². The maximum Gasteiger partial charge on any atom is 0.0795 e. The second-order valence-electron chi connectivity index (χ2n) is 3.28. The topological polar surface area (TPSA) is 24.9 Å². The molecular weight excluding hydrogens is 272 g/mol. The van der Waals surface area contributed by atoms with Gasteiger partial charge in [-0.1, -0.05) is 22.0 Å². The van der Waals surface area contributed by atoms with Crippen molar-refractivity contribution in [2.75, 3.05) is 5.32 Å². The molecule has 0 aliphatic carbocycles. The average Bonchev–Trinajstić information content (AvgIpc) is 2.70.